The third-order valence-corrected chi connectivity index (χ3v) is 4.06. The van der Waals surface area contributed by atoms with Gasteiger partial charge in [-0.15, -0.1) is 0 Å². The van der Waals surface area contributed by atoms with Gasteiger partial charge in [0.05, 0.1) is 5.56 Å². The van der Waals surface area contributed by atoms with Crippen molar-refractivity contribution in [1.82, 2.24) is 0 Å². The standard InChI is InChI=1S/C20H16BrNO3/c1-13(2)12-24-15-7-5-6-14(10-15)11-18-20(23)25-19(22-18)16-8-3-4-9-17(16)21/h3-11H,1,12H2,2H3/b18-11-. The number of hydrogen-bond donors (Lipinski definition) is 0. The zero-order valence-electron chi connectivity index (χ0n) is 13.7. The first-order valence-electron chi connectivity index (χ1n) is 7.67. The van der Waals surface area contributed by atoms with Crippen molar-refractivity contribution in [2.75, 3.05) is 6.61 Å². The Kier molecular flexibility index (Phi) is 5.14. The summed E-state index contributed by atoms with van der Waals surface area (Å²) in [6.45, 7) is 6.16. The van der Waals surface area contributed by atoms with Crippen molar-refractivity contribution in [3.63, 3.8) is 0 Å². The zero-order chi connectivity index (χ0) is 17.8. The molecular weight excluding hydrogens is 382 g/mol. The molecule has 0 saturated carbocycles. The maximum atomic E-state index is 12.1. The van der Waals surface area contributed by atoms with Gasteiger partial charge in [0.2, 0.25) is 5.90 Å². The number of carbonyl (C=O) groups is 1. The molecule has 0 aromatic heterocycles. The Morgan fingerprint density at radius 3 is 2.84 bits per heavy atom. The van der Waals surface area contributed by atoms with E-state index in [9.17, 15) is 4.79 Å². The number of esters is 1. The van der Waals surface area contributed by atoms with Gasteiger partial charge >= 0.3 is 5.97 Å². The highest BCUT2D eigenvalue weighted by Gasteiger charge is 2.25. The zero-order valence-corrected chi connectivity index (χ0v) is 15.2. The molecule has 1 heterocycles. The molecule has 0 unspecified atom stereocenters. The summed E-state index contributed by atoms with van der Waals surface area (Å²) in [5, 5.41) is 0. The first-order chi connectivity index (χ1) is 12.0. The van der Waals surface area contributed by atoms with Crippen LogP contribution in [0.2, 0.25) is 0 Å². The fraction of sp³-hybridized carbons (Fsp3) is 0.100. The molecule has 0 atom stereocenters. The lowest BCUT2D eigenvalue weighted by molar-refractivity contribution is -0.129. The summed E-state index contributed by atoms with van der Waals surface area (Å²) in [5.74, 6) is 0.524. The highest BCUT2D eigenvalue weighted by atomic mass is 79.9. The van der Waals surface area contributed by atoms with Crippen LogP contribution in [0.5, 0.6) is 5.75 Å². The van der Waals surface area contributed by atoms with Crippen molar-refractivity contribution in [2.24, 2.45) is 4.99 Å². The second kappa shape index (κ2) is 7.49. The summed E-state index contributed by atoms with van der Waals surface area (Å²) in [6, 6.07) is 14.9. The summed E-state index contributed by atoms with van der Waals surface area (Å²) >= 11 is 3.44. The summed E-state index contributed by atoms with van der Waals surface area (Å²) in [6.07, 6.45) is 1.68. The van der Waals surface area contributed by atoms with Gasteiger partial charge in [-0.1, -0.05) is 30.8 Å². The molecule has 126 valence electrons. The Morgan fingerprint density at radius 2 is 2.08 bits per heavy atom. The van der Waals surface area contributed by atoms with E-state index in [2.05, 4.69) is 27.5 Å². The Bertz CT molecular complexity index is 899. The van der Waals surface area contributed by atoms with Crippen molar-refractivity contribution in [2.45, 2.75) is 6.92 Å². The van der Waals surface area contributed by atoms with Crippen LogP contribution in [0.1, 0.15) is 18.1 Å². The summed E-state index contributed by atoms with van der Waals surface area (Å²) in [4.78, 5) is 16.4. The van der Waals surface area contributed by atoms with Gasteiger partial charge in [0.1, 0.15) is 12.4 Å². The van der Waals surface area contributed by atoms with Crippen LogP contribution in [0.25, 0.3) is 6.08 Å². The minimum absolute atomic E-state index is 0.253. The predicted molar refractivity (Wildman–Crippen MR) is 101 cm³/mol. The molecule has 2 aromatic carbocycles. The first kappa shape index (κ1) is 17.2. The lowest BCUT2D eigenvalue weighted by Crippen LogP contribution is -2.05. The number of ether oxygens (including phenoxy) is 2. The first-order valence-corrected chi connectivity index (χ1v) is 8.47. The maximum Gasteiger partial charge on any atom is 0.363 e. The molecule has 0 fully saturated rings. The minimum atomic E-state index is -0.473. The van der Waals surface area contributed by atoms with Crippen LogP contribution in [0.15, 0.2) is 75.8 Å². The number of rotatable bonds is 5. The summed E-state index contributed by atoms with van der Waals surface area (Å²) < 4.78 is 11.7. The third kappa shape index (κ3) is 4.25. The molecule has 1 aliphatic rings. The summed E-state index contributed by atoms with van der Waals surface area (Å²) in [7, 11) is 0. The normalized spacial score (nSPS) is 15.0. The van der Waals surface area contributed by atoms with E-state index >= 15 is 0 Å². The molecular formula is C20H16BrNO3. The Morgan fingerprint density at radius 1 is 1.28 bits per heavy atom. The third-order valence-electron chi connectivity index (χ3n) is 3.37. The van der Waals surface area contributed by atoms with E-state index in [1.807, 2.05) is 55.5 Å². The van der Waals surface area contributed by atoms with Crippen molar-refractivity contribution in [1.29, 1.82) is 0 Å². The molecule has 0 radical (unpaired) electrons. The van der Waals surface area contributed by atoms with Gasteiger partial charge in [0, 0.05) is 4.47 Å². The lowest BCUT2D eigenvalue weighted by Gasteiger charge is -2.06. The van der Waals surface area contributed by atoms with Gasteiger partial charge in [-0.3, -0.25) is 0 Å². The molecule has 0 saturated heterocycles. The number of hydrogen-bond acceptors (Lipinski definition) is 4. The van der Waals surface area contributed by atoms with E-state index in [1.165, 1.54) is 0 Å². The van der Waals surface area contributed by atoms with Crippen LogP contribution in [-0.2, 0) is 9.53 Å². The van der Waals surface area contributed by atoms with E-state index < -0.39 is 5.97 Å². The van der Waals surface area contributed by atoms with Crippen molar-refractivity contribution in [3.8, 4) is 5.75 Å². The second-order valence-electron chi connectivity index (χ2n) is 5.63. The minimum Gasteiger partial charge on any atom is -0.489 e. The van der Waals surface area contributed by atoms with Crippen molar-refractivity contribution < 1.29 is 14.3 Å². The van der Waals surface area contributed by atoms with Crippen LogP contribution in [0, 0.1) is 0 Å². The predicted octanol–water partition coefficient (Wildman–Crippen LogP) is 4.75. The Labute approximate surface area is 154 Å². The number of carbonyl (C=O) groups excluding carboxylic acids is 1. The summed E-state index contributed by atoms with van der Waals surface area (Å²) in [5.41, 5.74) is 2.73. The number of cyclic esters (lactones) is 1. The van der Waals surface area contributed by atoms with E-state index in [1.54, 1.807) is 6.08 Å². The van der Waals surface area contributed by atoms with Gasteiger partial charge in [-0.05, 0) is 64.3 Å². The lowest BCUT2D eigenvalue weighted by atomic mass is 10.2. The molecule has 3 rings (SSSR count). The number of aliphatic imine (C=N–C) groups is 1. The Hall–Kier alpha value is -2.66. The monoisotopic (exact) mass is 397 g/mol. The van der Waals surface area contributed by atoms with Crippen LogP contribution in [-0.4, -0.2) is 18.5 Å². The highest BCUT2D eigenvalue weighted by molar-refractivity contribution is 9.10. The molecule has 0 aliphatic carbocycles. The largest absolute Gasteiger partial charge is 0.489 e. The van der Waals surface area contributed by atoms with Gasteiger partial charge in [0.25, 0.3) is 0 Å². The fourth-order valence-corrected chi connectivity index (χ4v) is 2.67. The van der Waals surface area contributed by atoms with Crippen molar-refractivity contribution in [3.05, 3.63) is 82.0 Å². The number of halogens is 1. The maximum absolute atomic E-state index is 12.1. The van der Waals surface area contributed by atoms with Gasteiger partial charge in [0.15, 0.2) is 5.70 Å². The Balaban J connectivity index is 1.86. The SMILES string of the molecule is C=C(C)COc1cccc(/C=C2\N=C(c3ccccc3Br)OC2=O)c1. The molecule has 2 aromatic rings. The number of benzene rings is 2. The molecule has 5 heteroatoms. The number of nitrogens with zero attached hydrogens (tertiary/aromatic N) is 1. The van der Waals surface area contributed by atoms with E-state index in [-0.39, 0.29) is 5.70 Å². The average Bonchev–Trinajstić information content (AvgIpc) is 2.94. The highest BCUT2D eigenvalue weighted by Crippen LogP contribution is 2.24. The van der Waals surface area contributed by atoms with E-state index in [0.29, 0.717) is 18.3 Å². The van der Waals surface area contributed by atoms with E-state index in [4.69, 9.17) is 9.47 Å². The molecule has 1 aliphatic heterocycles. The molecule has 0 amide bonds. The quantitative estimate of drug-likeness (QED) is 0.415. The van der Waals surface area contributed by atoms with Crippen LogP contribution in [0.3, 0.4) is 0 Å². The molecule has 0 bridgehead atoms. The van der Waals surface area contributed by atoms with Gasteiger partial charge in [-0.2, -0.15) is 0 Å². The molecule has 25 heavy (non-hydrogen) atoms. The topological polar surface area (TPSA) is 47.9 Å². The van der Waals surface area contributed by atoms with Gasteiger partial charge in [-0.25, -0.2) is 9.79 Å². The molecule has 4 nitrogen and oxygen atoms in total. The second-order valence-corrected chi connectivity index (χ2v) is 6.49. The smallest absolute Gasteiger partial charge is 0.363 e. The van der Waals surface area contributed by atoms with Crippen molar-refractivity contribution >= 4 is 33.9 Å². The van der Waals surface area contributed by atoms with E-state index in [0.717, 1.165) is 21.2 Å². The fourth-order valence-electron chi connectivity index (χ4n) is 2.22. The molecule has 0 spiro atoms. The van der Waals surface area contributed by atoms with Gasteiger partial charge < -0.3 is 9.47 Å². The average molecular weight is 398 g/mol. The molecule has 0 N–H and O–H groups in total. The van der Waals surface area contributed by atoms with Crippen LogP contribution < -0.4 is 4.74 Å². The van der Waals surface area contributed by atoms with Crippen LogP contribution in [0.4, 0.5) is 0 Å². The van der Waals surface area contributed by atoms with Crippen LogP contribution >= 0.6 is 15.9 Å².